The largest absolute Gasteiger partial charge is 0.469 e. The fourth-order valence-corrected chi connectivity index (χ4v) is 3.31. The summed E-state index contributed by atoms with van der Waals surface area (Å²) in [5, 5.41) is 0. The third-order valence-electron chi connectivity index (χ3n) is 4.23. The predicted molar refractivity (Wildman–Crippen MR) is 64.3 cm³/mol. The lowest BCUT2D eigenvalue weighted by Crippen LogP contribution is -2.09. The maximum absolute atomic E-state index is 11.0. The first-order valence-corrected chi connectivity index (χ1v) is 6.44. The number of ether oxygens (including phenoxy) is 1. The molecule has 0 spiro atoms. The second-order valence-corrected chi connectivity index (χ2v) is 5.19. The number of methoxy groups -OCH3 is 1. The molecular weight excluding hydrogens is 216 g/mol. The molecule has 0 aromatic rings. The summed E-state index contributed by atoms with van der Waals surface area (Å²) < 4.78 is 4.61. The van der Waals surface area contributed by atoms with Crippen LogP contribution in [0.15, 0.2) is 11.6 Å². The third-order valence-corrected chi connectivity index (χ3v) is 4.23. The van der Waals surface area contributed by atoms with E-state index in [1.807, 2.05) is 0 Å². The second-order valence-electron chi connectivity index (χ2n) is 5.19. The zero-order chi connectivity index (χ0) is 12.3. The molecule has 0 N–H and O–H groups in total. The van der Waals surface area contributed by atoms with Gasteiger partial charge in [0.1, 0.15) is 6.29 Å². The fraction of sp³-hybridized carbons (Fsp3) is 0.714. The second kappa shape index (κ2) is 5.48. The molecule has 94 valence electrons. The van der Waals surface area contributed by atoms with Crippen LogP contribution in [0.4, 0.5) is 0 Å². The Bertz CT molecular complexity index is 332. The van der Waals surface area contributed by atoms with E-state index in [1.54, 1.807) is 0 Å². The molecule has 3 heteroatoms. The van der Waals surface area contributed by atoms with Crippen LogP contribution in [0, 0.1) is 17.8 Å². The number of hydrogen-bond donors (Lipinski definition) is 0. The highest BCUT2D eigenvalue weighted by Gasteiger charge is 2.40. The number of carbonyl (C=O) groups is 2. The molecule has 2 aliphatic rings. The van der Waals surface area contributed by atoms with Crippen molar-refractivity contribution >= 4 is 12.3 Å². The lowest BCUT2D eigenvalue weighted by Gasteiger charge is -2.10. The van der Waals surface area contributed by atoms with Crippen LogP contribution in [0.1, 0.15) is 38.5 Å². The van der Waals surface area contributed by atoms with Gasteiger partial charge in [-0.05, 0) is 43.9 Å². The van der Waals surface area contributed by atoms with Crippen LogP contribution in [-0.2, 0) is 14.3 Å². The molecule has 0 unspecified atom stereocenters. The first-order chi connectivity index (χ1) is 8.24. The molecule has 2 saturated carbocycles. The van der Waals surface area contributed by atoms with Crippen LogP contribution in [0.5, 0.6) is 0 Å². The predicted octanol–water partition coefficient (Wildman–Crippen LogP) is 2.50. The van der Waals surface area contributed by atoms with Crippen molar-refractivity contribution in [1.82, 2.24) is 0 Å². The molecule has 2 aliphatic carbocycles. The van der Waals surface area contributed by atoms with Gasteiger partial charge in [0, 0.05) is 12.3 Å². The minimum atomic E-state index is -0.147. The molecule has 0 amide bonds. The van der Waals surface area contributed by atoms with Gasteiger partial charge in [-0.3, -0.25) is 4.79 Å². The maximum Gasteiger partial charge on any atom is 0.305 e. The van der Waals surface area contributed by atoms with Crippen molar-refractivity contribution in [3.05, 3.63) is 11.6 Å². The number of carbonyl (C=O) groups excluding carboxylic acids is 2. The highest BCUT2D eigenvalue weighted by Crippen LogP contribution is 2.49. The molecule has 0 bridgehead atoms. The summed E-state index contributed by atoms with van der Waals surface area (Å²) in [7, 11) is 1.42. The van der Waals surface area contributed by atoms with Crippen LogP contribution in [0.3, 0.4) is 0 Å². The van der Waals surface area contributed by atoms with E-state index < -0.39 is 0 Å². The Morgan fingerprint density at radius 1 is 1.41 bits per heavy atom. The first kappa shape index (κ1) is 12.3. The summed E-state index contributed by atoms with van der Waals surface area (Å²) in [6, 6.07) is 0. The Morgan fingerprint density at radius 3 is 2.94 bits per heavy atom. The standard InChI is InChI=1S/C14H20O3/c1-17-14(16)4-2-3-10-7-11-5-6-12(9-15)13(11)8-10/h3,9,11-13H,2,4-8H2,1H3/b10-3-/t11-,12-,13+/m1/s1. The monoisotopic (exact) mass is 236 g/mol. The molecule has 0 heterocycles. The zero-order valence-corrected chi connectivity index (χ0v) is 10.4. The van der Waals surface area contributed by atoms with Gasteiger partial charge in [0.25, 0.3) is 0 Å². The Balaban J connectivity index is 1.83. The van der Waals surface area contributed by atoms with E-state index in [0.29, 0.717) is 12.3 Å². The molecule has 0 aliphatic heterocycles. The number of rotatable bonds is 4. The van der Waals surface area contributed by atoms with Crippen LogP contribution in [-0.4, -0.2) is 19.4 Å². The van der Waals surface area contributed by atoms with E-state index in [1.165, 1.54) is 19.1 Å². The van der Waals surface area contributed by atoms with E-state index in [0.717, 1.165) is 37.9 Å². The molecule has 2 fully saturated rings. The van der Waals surface area contributed by atoms with Gasteiger partial charge in [-0.15, -0.1) is 0 Å². The Labute approximate surface area is 102 Å². The number of fused-ring (bicyclic) bond motifs is 1. The zero-order valence-electron chi connectivity index (χ0n) is 10.4. The van der Waals surface area contributed by atoms with Crippen LogP contribution >= 0.6 is 0 Å². The topological polar surface area (TPSA) is 43.4 Å². The Morgan fingerprint density at radius 2 is 2.24 bits per heavy atom. The molecule has 17 heavy (non-hydrogen) atoms. The molecule has 3 nitrogen and oxygen atoms in total. The normalized spacial score (nSPS) is 33.7. The Kier molecular flexibility index (Phi) is 3.97. The van der Waals surface area contributed by atoms with Gasteiger partial charge in [-0.2, -0.15) is 0 Å². The number of esters is 1. The van der Waals surface area contributed by atoms with Gasteiger partial charge in [-0.25, -0.2) is 0 Å². The van der Waals surface area contributed by atoms with Gasteiger partial charge in [0.15, 0.2) is 0 Å². The lowest BCUT2D eigenvalue weighted by molar-refractivity contribution is -0.140. The molecular formula is C14H20O3. The summed E-state index contributed by atoms with van der Waals surface area (Å²) in [5.74, 6) is 1.43. The van der Waals surface area contributed by atoms with E-state index >= 15 is 0 Å². The minimum absolute atomic E-state index is 0.147. The van der Waals surface area contributed by atoms with E-state index in [9.17, 15) is 9.59 Å². The third kappa shape index (κ3) is 2.76. The van der Waals surface area contributed by atoms with Crippen molar-refractivity contribution in [2.75, 3.05) is 7.11 Å². The van der Waals surface area contributed by atoms with Crippen molar-refractivity contribution in [1.29, 1.82) is 0 Å². The van der Waals surface area contributed by atoms with Crippen LogP contribution < -0.4 is 0 Å². The lowest BCUT2D eigenvalue weighted by atomic mass is 9.93. The molecule has 0 aromatic heterocycles. The van der Waals surface area contributed by atoms with Gasteiger partial charge in [-0.1, -0.05) is 11.6 Å². The van der Waals surface area contributed by atoms with E-state index in [2.05, 4.69) is 10.8 Å². The summed E-state index contributed by atoms with van der Waals surface area (Å²) >= 11 is 0. The van der Waals surface area contributed by atoms with E-state index in [4.69, 9.17) is 0 Å². The van der Waals surface area contributed by atoms with Gasteiger partial charge >= 0.3 is 5.97 Å². The summed E-state index contributed by atoms with van der Waals surface area (Å²) in [5.41, 5.74) is 1.44. The number of hydrogen-bond acceptors (Lipinski definition) is 3. The van der Waals surface area contributed by atoms with Crippen LogP contribution in [0.2, 0.25) is 0 Å². The van der Waals surface area contributed by atoms with Crippen molar-refractivity contribution in [2.45, 2.75) is 38.5 Å². The summed E-state index contributed by atoms with van der Waals surface area (Å²) in [4.78, 5) is 21.9. The SMILES string of the molecule is COC(=O)CC/C=C1/C[C@H]2CC[C@H](C=O)[C@H]2C1. The number of allylic oxidation sites excluding steroid dienone is 2. The van der Waals surface area contributed by atoms with Crippen LogP contribution in [0.25, 0.3) is 0 Å². The average molecular weight is 236 g/mol. The molecule has 0 radical (unpaired) electrons. The van der Waals surface area contributed by atoms with Crippen molar-refractivity contribution in [3.63, 3.8) is 0 Å². The molecule has 0 saturated heterocycles. The van der Waals surface area contributed by atoms with Gasteiger partial charge in [0.2, 0.25) is 0 Å². The van der Waals surface area contributed by atoms with Crippen molar-refractivity contribution < 1.29 is 14.3 Å². The molecule has 0 aromatic carbocycles. The summed E-state index contributed by atoms with van der Waals surface area (Å²) in [6.45, 7) is 0. The van der Waals surface area contributed by atoms with Crippen molar-refractivity contribution in [2.24, 2.45) is 17.8 Å². The molecule has 2 rings (SSSR count). The van der Waals surface area contributed by atoms with Gasteiger partial charge < -0.3 is 9.53 Å². The average Bonchev–Trinajstić information content (AvgIpc) is 2.88. The molecule has 3 atom stereocenters. The fourth-order valence-electron chi connectivity index (χ4n) is 3.31. The highest BCUT2D eigenvalue weighted by molar-refractivity contribution is 5.69. The first-order valence-electron chi connectivity index (χ1n) is 6.44. The van der Waals surface area contributed by atoms with E-state index in [-0.39, 0.29) is 11.9 Å². The van der Waals surface area contributed by atoms with Crippen molar-refractivity contribution in [3.8, 4) is 0 Å². The highest BCUT2D eigenvalue weighted by atomic mass is 16.5. The number of aldehydes is 1. The smallest absolute Gasteiger partial charge is 0.305 e. The summed E-state index contributed by atoms with van der Waals surface area (Å²) in [6.07, 6.45) is 9.03. The maximum atomic E-state index is 11.0. The Hall–Kier alpha value is -1.12. The minimum Gasteiger partial charge on any atom is -0.469 e. The van der Waals surface area contributed by atoms with Gasteiger partial charge in [0.05, 0.1) is 7.11 Å². The quantitative estimate of drug-likeness (QED) is 0.428.